The zero-order chi connectivity index (χ0) is 18.7. The summed E-state index contributed by atoms with van der Waals surface area (Å²) in [5.41, 5.74) is 1.41. The Morgan fingerprint density at radius 2 is 1.59 bits per heavy atom. The van der Waals surface area contributed by atoms with Gasteiger partial charge in [-0.2, -0.15) is 4.73 Å². The number of nitrogens with one attached hydrogen (secondary N) is 1. The molecule has 0 aliphatic carbocycles. The summed E-state index contributed by atoms with van der Waals surface area (Å²) in [6.45, 7) is 3.37. The van der Waals surface area contributed by atoms with Crippen LogP contribution in [0.3, 0.4) is 0 Å². The molecule has 0 amide bonds. The normalized spacial score (nSPS) is 14.8. The Balaban J connectivity index is 0.000000253. The third kappa shape index (κ3) is 6.72. The van der Waals surface area contributed by atoms with Gasteiger partial charge in [0.25, 0.3) is 0 Å². The number of anilines is 1. The van der Waals surface area contributed by atoms with Gasteiger partial charge in [0.1, 0.15) is 5.82 Å². The minimum Gasteiger partial charge on any atom is -0.619 e. The van der Waals surface area contributed by atoms with E-state index in [9.17, 15) is 5.21 Å². The van der Waals surface area contributed by atoms with Crippen LogP contribution in [0.5, 0.6) is 0 Å². The Hall–Kier alpha value is -2.92. The quantitative estimate of drug-likeness (QED) is 0.570. The number of pyridine rings is 2. The number of piperidine rings is 1. The fourth-order valence-electron chi connectivity index (χ4n) is 3.12. The number of benzene rings is 1. The van der Waals surface area contributed by atoms with E-state index >= 15 is 0 Å². The van der Waals surface area contributed by atoms with Crippen LogP contribution in [0.25, 0.3) is 0 Å². The second-order valence-corrected chi connectivity index (χ2v) is 6.63. The first-order valence-corrected chi connectivity index (χ1v) is 9.37. The highest BCUT2D eigenvalue weighted by Gasteiger charge is 2.19. The topological polar surface area (TPSA) is 55.1 Å². The van der Waals surface area contributed by atoms with Gasteiger partial charge >= 0.3 is 0 Å². The minimum atomic E-state index is 0.553. The lowest BCUT2D eigenvalue weighted by molar-refractivity contribution is -0.605. The molecular weight excluding hydrogens is 336 g/mol. The number of likely N-dealkylation sites (tertiary alicyclic amines) is 1. The lowest BCUT2D eigenvalue weighted by Crippen LogP contribution is -2.38. The molecule has 1 fully saturated rings. The Labute approximate surface area is 160 Å². The number of nitrogens with zero attached hydrogens (tertiary/aromatic N) is 3. The average molecular weight is 362 g/mol. The molecular formula is C22H26N4O. The molecule has 0 unspecified atom stereocenters. The van der Waals surface area contributed by atoms with Crippen LogP contribution < -0.4 is 10.0 Å². The van der Waals surface area contributed by atoms with Gasteiger partial charge in [0, 0.05) is 44.0 Å². The van der Waals surface area contributed by atoms with E-state index in [0.717, 1.165) is 30.2 Å². The first kappa shape index (κ1) is 18.9. The molecule has 1 aliphatic rings. The fraction of sp³-hybridized carbons (Fsp3) is 0.273. The van der Waals surface area contributed by atoms with Crippen LogP contribution in [0, 0.1) is 5.21 Å². The molecule has 2 aromatic heterocycles. The van der Waals surface area contributed by atoms with Crippen molar-refractivity contribution in [2.45, 2.75) is 25.4 Å². The maximum absolute atomic E-state index is 10.2. The van der Waals surface area contributed by atoms with Crippen molar-refractivity contribution >= 4 is 5.82 Å². The first-order valence-electron chi connectivity index (χ1n) is 9.37. The van der Waals surface area contributed by atoms with E-state index in [1.54, 1.807) is 18.2 Å². The van der Waals surface area contributed by atoms with Gasteiger partial charge in [-0.3, -0.25) is 4.90 Å². The van der Waals surface area contributed by atoms with E-state index in [1.165, 1.54) is 30.8 Å². The largest absolute Gasteiger partial charge is 0.619 e. The average Bonchev–Trinajstić information content (AvgIpc) is 2.72. The van der Waals surface area contributed by atoms with Gasteiger partial charge < -0.3 is 10.5 Å². The van der Waals surface area contributed by atoms with E-state index in [2.05, 4.69) is 45.5 Å². The molecule has 3 heterocycles. The summed E-state index contributed by atoms with van der Waals surface area (Å²) < 4.78 is 0.750. The second-order valence-electron chi connectivity index (χ2n) is 6.63. The number of hydrogen-bond acceptors (Lipinski definition) is 4. The highest BCUT2D eigenvalue weighted by molar-refractivity contribution is 5.34. The minimum absolute atomic E-state index is 0.553. The van der Waals surface area contributed by atoms with Crippen LogP contribution in [0.2, 0.25) is 0 Å². The van der Waals surface area contributed by atoms with Gasteiger partial charge in [0.05, 0.1) is 0 Å². The molecule has 1 N–H and O–H groups in total. The molecule has 3 aromatic rings. The van der Waals surface area contributed by atoms with Crippen molar-refractivity contribution in [3.8, 4) is 0 Å². The second kappa shape index (κ2) is 10.3. The zero-order valence-electron chi connectivity index (χ0n) is 15.4. The molecule has 5 heteroatoms. The van der Waals surface area contributed by atoms with Gasteiger partial charge in [-0.15, -0.1) is 0 Å². The standard InChI is InChI=1S/C17H21N3.C5H5NO/c1-2-6-15(7-3-1)14-20-12-9-16(10-13-20)19-17-8-4-5-11-18-17;7-6-4-2-1-3-5-6/h1-8,11,16H,9-10,12-14H2,(H,18,19);1-5H. The molecule has 27 heavy (non-hydrogen) atoms. The summed E-state index contributed by atoms with van der Waals surface area (Å²) in [5, 5.41) is 13.7. The molecule has 140 valence electrons. The number of hydrogen-bond donors (Lipinski definition) is 1. The van der Waals surface area contributed by atoms with Gasteiger partial charge in [0.2, 0.25) is 0 Å². The summed E-state index contributed by atoms with van der Waals surface area (Å²) in [6, 6.07) is 22.5. The van der Waals surface area contributed by atoms with Gasteiger partial charge in [-0.05, 0) is 30.5 Å². The summed E-state index contributed by atoms with van der Waals surface area (Å²) >= 11 is 0. The van der Waals surface area contributed by atoms with Gasteiger partial charge in [-0.1, -0.05) is 42.5 Å². The smallest absolute Gasteiger partial charge is 0.180 e. The van der Waals surface area contributed by atoms with Crippen molar-refractivity contribution in [1.82, 2.24) is 9.88 Å². The molecule has 1 aromatic carbocycles. The van der Waals surface area contributed by atoms with Crippen LogP contribution in [-0.4, -0.2) is 29.0 Å². The molecule has 1 saturated heterocycles. The van der Waals surface area contributed by atoms with Crippen molar-refractivity contribution in [2.75, 3.05) is 18.4 Å². The molecule has 4 rings (SSSR count). The van der Waals surface area contributed by atoms with E-state index in [0.29, 0.717) is 6.04 Å². The highest BCUT2D eigenvalue weighted by Crippen LogP contribution is 2.16. The Bertz CT molecular complexity index is 711. The van der Waals surface area contributed by atoms with Crippen LogP contribution in [0.15, 0.2) is 85.3 Å². The third-order valence-electron chi connectivity index (χ3n) is 4.54. The molecule has 0 radical (unpaired) electrons. The SMILES string of the molecule is [O-][n+]1ccccc1.c1ccc(CN2CCC(Nc3ccccn3)CC2)cc1. The summed E-state index contributed by atoms with van der Waals surface area (Å²) in [4.78, 5) is 6.87. The number of aromatic nitrogens is 2. The van der Waals surface area contributed by atoms with E-state index in [4.69, 9.17) is 0 Å². The van der Waals surface area contributed by atoms with Crippen molar-refractivity contribution in [2.24, 2.45) is 0 Å². The van der Waals surface area contributed by atoms with Crippen molar-refractivity contribution in [3.63, 3.8) is 0 Å². The van der Waals surface area contributed by atoms with Crippen LogP contribution in [0.4, 0.5) is 5.82 Å². The summed E-state index contributed by atoms with van der Waals surface area (Å²) in [7, 11) is 0. The van der Waals surface area contributed by atoms with E-state index in [1.807, 2.05) is 24.4 Å². The zero-order valence-corrected chi connectivity index (χ0v) is 15.4. The maximum Gasteiger partial charge on any atom is 0.180 e. The van der Waals surface area contributed by atoms with Crippen LogP contribution >= 0.6 is 0 Å². The lowest BCUT2D eigenvalue weighted by atomic mass is 10.0. The molecule has 0 atom stereocenters. The predicted octanol–water partition coefficient (Wildman–Crippen LogP) is 3.48. The maximum atomic E-state index is 10.2. The Morgan fingerprint density at radius 3 is 2.19 bits per heavy atom. The molecule has 0 bridgehead atoms. The lowest BCUT2D eigenvalue weighted by Gasteiger charge is -2.32. The Morgan fingerprint density at radius 1 is 0.926 bits per heavy atom. The van der Waals surface area contributed by atoms with E-state index < -0.39 is 0 Å². The molecule has 5 nitrogen and oxygen atoms in total. The van der Waals surface area contributed by atoms with Crippen LogP contribution in [0.1, 0.15) is 18.4 Å². The number of rotatable bonds is 4. The Kier molecular flexibility index (Phi) is 7.18. The molecule has 1 aliphatic heterocycles. The third-order valence-corrected chi connectivity index (χ3v) is 4.54. The molecule has 0 spiro atoms. The predicted molar refractivity (Wildman–Crippen MR) is 108 cm³/mol. The summed E-state index contributed by atoms with van der Waals surface area (Å²) in [5.74, 6) is 0.994. The van der Waals surface area contributed by atoms with Crippen LogP contribution in [-0.2, 0) is 6.54 Å². The van der Waals surface area contributed by atoms with Gasteiger partial charge in [0.15, 0.2) is 12.4 Å². The van der Waals surface area contributed by atoms with Crippen molar-refractivity contribution in [3.05, 3.63) is 96.1 Å². The van der Waals surface area contributed by atoms with Gasteiger partial charge in [-0.25, -0.2) is 4.98 Å². The van der Waals surface area contributed by atoms with Crippen molar-refractivity contribution < 1.29 is 4.73 Å². The summed E-state index contributed by atoms with van der Waals surface area (Å²) in [6.07, 6.45) is 7.10. The fourth-order valence-corrected chi connectivity index (χ4v) is 3.12. The monoisotopic (exact) mass is 362 g/mol. The van der Waals surface area contributed by atoms with Crippen molar-refractivity contribution in [1.29, 1.82) is 0 Å². The van der Waals surface area contributed by atoms with E-state index in [-0.39, 0.29) is 0 Å². The molecule has 0 saturated carbocycles. The first-order chi connectivity index (χ1) is 13.3. The highest BCUT2D eigenvalue weighted by atomic mass is 16.5.